The summed E-state index contributed by atoms with van der Waals surface area (Å²) in [6, 6.07) is 1.42. The Balaban J connectivity index is 2.49. The molecule has 0 radical (unpaired) electrons. The van der Waals surface area contributed by atoms with E-state index >= 15 is 0 Å². The van der Waals surface area contributed by atoms with Gasteiger partial charge in [0, 0.05) is 12.6 Å². The zero-order valence-electron chi connectivity index (χ0n) is 12.4. The molecule has 0 fully saturated rings. The van der Waals surface area contributed by atoms with Crippen molar-refractivity contribution in [2.75, 3.05) is 31.7 Å². The van der Waals surface area contributed by atoms with E-state index in [1.54, 1.807) is 0 Å². The number of esters is 1. The van der Waals surface area contributed by atoms with E-state index in [0.29, 0.717) is 30.5 Å². The number of nitrogens with zero attached hydrogens (tertiary/aromatic N) is 1. The van der Waals surface area contributed by atoms with Crippen LogP contribution < -0.4 is 9.64 Å². The van der Waals surface area contributed by atoms with E-state index in [1.807, 2.05) is 4.90 Å². The van der Waals surface area contributed by atoms with Crippen LogP contribution in [-0.4, -0.2) is 32.8 Å². The maximum atomic E-state index is 14.3. The van der Waals surface area contributed by atoms with Gasteiger partial charge in [0.1, 0.15) is 17.9 Å². The van der Waals surface area contributed by atoms with Gasteiger partial charge in [-0.05, 0) is 12.3 Å². The number of fused-ring (bicyclic) bond motifs is 1. The Morgan fingerprint density at radius 1 is 1.57 bits per heavy atom. The Labute approximate surface area is 128 Å². The van der Waals surface area contributed by atoms with Gasteiger partial charge in [-0.25, -0.2) is 9.18 Å². The van der Waals surface area contributed by atoms with Gasteiger partial charge >= 0.3 is 5.97 Å². The smallest absolute Gasteiger partial charge is 0.343 e. The molecule has 116 valence electrons. The first-order chi connectivity index (χ1) is 9.95. The van der Waals surface area contributed by atoms with Crippen LogP contribution in [-0.2, 0) is 4.74 Å². The van der Waals surface area contributed by atoms with Gasteiger partial charge in [-0.3, -0.25) is 0 Å². The minimum absolute atomic E-state index is 0.139. The Hall–Kier alpha value is -1.49. The normalized spacial score (nSPS) is 13.9. The molecule has 0 unspecified atom stereocenters. The molecule has 0 atom stereocenters. The lowest BCUT2D eigenvalue weighted by Gasteiger charge is -2.33. The number of methoxy groups -OCH3 is 1. The zero-order valence-corrected chi connectivity index (χ0v) is 13.2. The molecule has 0 aromatic heterocycles. The molecule has 0 saturated heterocycles. The van der Waals surface area contributed by atoms with Gasteiger partial charge < -0.3 is 14.4 Å². The van der Waals surface area contributed by atoms with Crippen molar-refractivity contribution >= 4 is 23.3 Å². The first-order valence-corrected chi connectivity index (χ1v) is 7.31. The van der Waals surface area contributed by atoms with Crippen LogP contribution in [0, 0.1) is 11.7 Å². The minimum Gasteiger partial charge on any atom is -0.489 e. The maximum Gasteiger partial charge on any atom is 0.343 e. The van der Waals surface area contributed by atoms with E-state index in [0.717, 1.165) is 13.0 Å². The van der Waals surface area contributed by atoms with Gasteiger partial charge in [0.2, 0.25) is 0 Å². The molecular formula is C15H19ClFNO3. The summed E-state index contributed by atoms with van der Waals surface area (Å²) < 4.78 is 24.5. The minimum atomic E-state index is -0.762. The third kappa shape index (κ3) is 3.23. The second-order valence-electron chi connectivity index (χ2n) is 5.40. The van der Waals surface area contributed by atoms with E-state index in [-0.39, 0.29) is 10.6 Å². The van der Waals surface area contributed by atoms with Gasteiger partial charge in [0.05, 0.1) is 24.4 Å². The molecule has 0 bridgehead atoms. The van der Waals surface area contributed by atoms with Crippen molar-refractivity contribution in [2.24, 2.45) is 5.92 Å². The van der Waals surface area contributed by atoms with E-state index in [9.17, 15) is 9.18 Å². The number of rotatable bonds is 4. The molecule has 0 spiro atoms. The third-order valence-corrected chi connectivity index (χ3v) is 3.73. The molecule has 0 saturated carbocycles. The van der Waals surface area contributed by atoms with E-state index in [1.165, 1.54) is 13.2 Å². The van der Waals surface area contributed by atoms with Gasteiger partial charge in [0.25, 0.3) is 0 Å². The summed E-state index contributed by atoms with van der Waals surface area (Å²) in [6.45, 7) is 6.04. The highest BCUT2D eigenvalue weighted by molar-refractivity contribution is 6.31. The number of ether oxygens (including phenoxy) is 2. The van der Waals surface area contributed by atoms with Crippen molar-refractivity contribution < 1.29 is 18.7 Å². The summed E-state index contributed by atoms with van der Waals surface area (Å²) >= 11 is 5.85. The van der Waals surface area contributed by atoms with Crippen LogP contribution in [0.4, 0.5) is 10.1 Å². The topological polar surface area (TPSA) is 38.8 Å². The van der Waals surface area contributed by atoms with Gasteiger partial charge in [0.15, 0.2) is 5.82 Å². The van der Waals surface area contributed by atoms with E-state index in [2.05, 4.69) is 13.8 Å². The second kappa shape index (κ2) is 6.52. The van der Waals surface area contributed by atoms with Gasteiger partial charge in [-0.1, -0.05) is 25.4 Å². The summed E-state index contributed by atoms with van der Waals surface area (Å²) in [4.78, 5) is 13.9. The fourth-order valence-corrected chi connectivity index (χ4v) is 2.51. The molecule has 0 N–H and O–H groups in total. The lowest BCUT2D eigenvalue weighted by molar-refractivity contribution is 0.0595. The highest BCUT2D eigenvalue weighted by Gasteiger charge is 2.30. The van der Waals surface area contributed by atoms with Crippen molar-refractivity contribution in [2.45, 2.75) is 20.3 Å². The standard InChI is InChI=1S/C15H19ClFNO3/c1-9(2)4-5-18-6-7-21-11-8-10(16)13(17)12(14(11)18)15(19)20-3/h8-9H,4-7H2,1-3H3. The summed E-state index contributed by atoms with van der Waals surface area (Å²) in [5.74, 6) is -0.569. The Bertz CT molecular complexity index is 548. The first kappa shape index (κ1) is 15.9. The highest BCUT2D eigenvalue weighted by atomic mass is 35.5. The van der Waals surface area contributed by atoms with Crippen LogP contribution in [0.5, 0.6) is 5.75 Å². The molecule has 1 aromatic rings. The van der Waals surface area contributed by atoms with Crippen LogP contribution >= 0.6 is 11.6 Å². The molecule has 6 heteroatoms. The largest absolute Gasteiger partial charge is 0.489 e. The molecule has 1 aliphatic heterocycles. The molecule has 4 nitrogen and oxygen atoms in total. The summed E-state index contributed by atoms with van der Waals surface area (Å²) in [5, 5.41) is -0.139. The fraction of sp³-hybridized carbons (Fsp3) is 0.533. The monoisotopic (exact) mass is 315 g/mol. The van der Waals surface area contributed by atoms with Crippen LogP contribution in [0.1, 0.15) is 30.6 Å². The molecule has 1 aliphatic rings. The lowest BCUT2D eigenvalue weighted by atomic mass is 10.1. The molecule has 2 rings (SSSR count). The first-order valence-electron chi connectivity index (χ1n) is 6.93. The van der Waals surface area contributed by atoms with Gasteiger partial charge in [-0.2, -0.15) is 0 Å². The number of carbonyl (C=O) groups excluding carboxylic acids is 1. The van der Waals surface area contributed by atoms with Gasteiger partial charge in [-0.15, -0.1) is 0 Å². The maximum absolute atomic E-state index is 14.3. The predicted molar refractivity (Wildman–Crippen MR) is 79.9 cm³/mol. The summed E-state index contributed by atoms with van der Waals surface area (Å²) in [5.41, 5.74) is 0.291. The van der Waals surface area contributed by atoms with Crippen molar-refractivity contribution in [3.63, 3.8) is 0 Å². The second-order valence-corrected chi connectivity index (χ2v) is 5.81. The number of hydrogen-bond donors (Lipinski definition) is 0. The Morgan fingerprint density at radius 3 is 2.90 bits per heavy atom. The third-order valence-electron chi connectivity index (χ3n) is 3.46. The SMILES string of the molecule is COC(=O)c1c(F)c(Cl)cc2c1N(CCC(C)C)CCO2. The molecule has 1 aromatic carbocycles. The average Bonchev–Trinajstić information content (AvgIpc) is 2.45. The Morgan fingerprint density at radius 2 is 2.29 bits per heavy atom. The number of carbonyl (C=O) groups is 1. The summed E-state index contributed by atoms with van der Waals surface area (Å²) in [7, 11) is 1.22. The molecule has 21 heavy (non-hydrogen) atoms. The van der Waals surface area contributed by atoms with E-state index in [4.69, 9.17) is 21.1 Å². The number of benzene rings is 1. The number of halogens is 2. The molecular weight excluding hydrogens is 297 g/mol. The van der Waals surface area contributed by atoms with Crippen molar-refractivity contribution in [3.05, 3.63) is 22.5 Å². The highest BCUT2D eigenvalue weighted by Crippen LogP contribution is 2.40. The molecule has 0 amide bonds. The number of hydrogen-bond acceptors (Lipinski definition) is 4. The lowest BCUT2D eigenvalue weighted by Crippen LogP contribution is -2.36. The average molecular weight is 316 g/mol. The van der Waals surface area contributed by atoms with Crippen LogP contribution in [0.15, 0.2) is 6.07 Å². The van der Waals surface area contributed by atoms with Crippen LogP contribution in [0.3, 0.4) is 0 Å². The molecule has 1 heterocycles. The van der Waals surface area contributed by atoms with Crippen molar-refractivity contribution in [1.82, 2.24) is 0 Å². The quantitative estimate of drug-likeness (QED) is 0.797. The predicted octanol–water partition coefficient (Wildman–Crippen LogP) is 3.51. The summed E-state index contributed by atoms with van der Waals surface area (Å²) in [6.07, 6.45) is 0.935. The number of anilines is 1. The van der Waals surface area contributed by atoms with Crippen molar-refractivity contribution in [1.29, 1.82) is 0 Å². The van der Waals surface area contributed by atoms with Crippen molar-refractivity contribution in [3.8, 4) is 5.75 Å². The van der Waals surface area contributed by atoms with Crippen LogP contribution in [0.2, 0.25) is 5.02 Å². The van der Waals surface area contributed by atoms with E-state index < -0.39 is 11.8 Å². The van der Waals surface area contributed by atoms with Crippen LogP contribution in [0.25, 0.3) is 0 Å². The molecule has 0 aliphatic carbocycles. The fourth-order valence-electron chi connectivity index (χ4n) is 2.32. The Kier molecular flexibility index (Phi) is 4.93. The zero-order chi connectivity index (χ0) is 15.6.